The third-order valence-corrected chi connectivity index (χ3v) is 3.41. The molecule has 2 rings (SSSR count). The van der Waals surface area contributed by atoms with Gasteiger partial charge < -0.3 is 0 Å². The number of hydrogen-bond donors (Lipinski definition) is 0. The van der Waals surface area contributed by atoms with Crippen molar-refractivity contribution in [3.63, 3.8) is 0 Å². The Hall–Kier alpha value is -0.180. The van der Waals surface area contributed by atoms with Gasteiger partial charge in [0.05, 0.1) is 6.54 Å². The lowest BCUT2D eigenvalue weighted by molar-refractivity contribution is 0.00945. The minimum Gasteiger partial charge on any atom is -0.292 e. The molecule has 3 heteroatoms. The average Bonchev–Trinajstić information content (AvgIpc) is 2.40. The predicted molar refractivity (Wildman–Crippen MR) is 43.4 cm³/mol. The lowest BCUT2D eigenvalue weighted by atomic mass is 9.90. The Balaban J connectivity index is 2.20. The molecule has 0 aromatic heterocycles. The second-order valence-corrected chi connectivity index (χ2v) is 4.14. The van der Waals surface area contributed by atoms with Gasteiger partial charge >= 0.3 is 0 Å². The van der Waals surface area contributed by atoms with E-state index in [0.29, 0.717) is 0 Å². The van der Waals surface area contributed by atoms with Crippen molar-refractivity contribution < 1.29 is 8.78 Å². The Morgan fingerprint density at radius 3 is 2.75 bits per heavy atom. The van der Waals surface area contributed by atoms with E-state index in [-0.39, 0.29) is 18.5 Å². The Bertz CT molecular complexity index is 193. The van der Waals surface area contributed by atoms with Gasteiger partial charge in [-0.15, -0.1) is 0 Å². The van der Waals surface area contributed by atoms with Gasteiger partial charge in [0.2, 0.25) is 0 Å². The molecule has 0 aromatic rings. The summed E-state index contributed by atoms with van der Waals surface area (Å²) in [4.78, 5) is 1.99. The first kappa shape index (κ1) is 8.42. The first-order valence-electron chi connectivity index (χ1n) is 4.71. The monoisotopic (exact) mass is 175 g/mol. The number of nitrogens with zero attached hydrogens (tertiary/aromatic N) is 1. The Labute approximate surface area is 71.7 Å². The number of halogens is 2. The third-order valence-electron chi connectivity index (χ3n) is 3.41. The summed E-state index contributed by atoms with van der Waals surface area (Å²) < 4.78 is 26.1. The van der Waals surface area contributed by atoms with Crippen molar-refractivity contribution in [2.75, 3.05) is 13.1 Å². The summed E-state index contributed by atoms with van der Waals surface area (Å²) in [5, 5.41) is 0. The van der Waals surface area contributed by atoms with Gasteiger partial charge in [0.1, 0.15) is 0 Å². The highest BCUT2D eigenvalue weighted by Gasteiger charge is 2.55. The van der Waals surface area contributed by atoms with Crippen LogP contribution in [0.25, 0.3) is 0 Å². The van der Waals surface area contributed by atoms with E-state index in [9.17, 15) is 8.78 Å². The summed E-state index contributed by atoms with van der Waals surface area (Å²) in [6.45, 7) is 2.91. The van der Waals surface area contributed by atoms with Gasteiger partial charge in [0.25, 0.3) is 5.92 Å². The Morgan fingerprint density at radius 1 is 1.42 bits per heavy atom. The normalized spacial score (nSPS) is 40.2. The molecule has 2 heterocycles. The first-order valence-corrected chi connectivity index (χ1v) is 4.71. The smallest absolute Gasteiger partial charge is 0.262 e. The summed E-state index contributed by atoms with van der Waals surface area (Å²) in [5.74, 6) is -2.42. The molecule has 0 saturated carbocycles. The molecule has 2 aliphatic heterocycles. The van der Waals surface area contributed by atoms with E-state index in [4.69, 9.17) is 0 Å². The molecule has 0 N–H and O–H groups in total. The van der Waals surface area contributed by atoms with Crippen molar-refractivity contribution >= 4 is 0 Å². The van der Waals surface area contributed by atoms with Gasteiger partial charge in [0.15, 0.2) is 0 Å². The maximum atomic E-state index is 13.1. The number of rotatable bonds is 1. The molecule has 0 bridgehead atoms. The van der Waals surface area contributed by atoms with Crippen molar-refractivity contribution in [3.8, 4) is 0 Å². The molecule has 1 unspecified atom stereocenters. The van der Waals surface area contributed by atoms with Gasteiger partial charge in [-0.1, -0.05) is 6.92 Å². The highest BCUT2D eigenvalue weighted by atomic mass is 19.3. The van der Waals surface area contributed by atoms with E-state index >= 15 is 0 Å². The van der Waals surface area contributed by atoms with Crippen LogP contribution >= 0.6 is 0 Å². The van der Waals surface area contributed by atoms with Crippen LogP contribution in [0.4, 0.5) is 8.78 Å². The molecule has 0 spiro atoms. The predicted octanol–water partition coefficient (Wildman–Crippen LogP) is 2.27. The van der Waals surface area contributed by atoms with Crippen molar-refractivity contribution in [1.82, 2.24) is 4.90 Å². The zero-order valence-electron chi connectivity index (χ0n) is 7.45. The summed E-state index contributed by atoms with van der Waals surface area (Å²) in [7, 11) is 0. The molecule has 1 nitrogen and oxygen atoms in total. The maximum absolute atomic E-state index is 13.1. The average molecular weight is 175 g/mol. The highest BCUT2D eigenvalue weighted by molar-refractivity contribution is 5.05. The van der Waals surface area contributed by atoms with Crippen molar-refractivity contribution in [2.24, 2.45) is 0 Å². The van der Waals surface area contributed by atoms with Gasteiger partial charge in [-0.3, -0.25) is 4.90 Å². The fourth-order valence-corrected chi connectivity index (χ4v) is 2.78. The van der Waals surface area contributed by atoms with Gasteiger partial charge in [-0.05, 0) is 25.8 Å². The summed E-state index contributed by atoms with van der Waals surface area (Å²) >= 11 is 0. The minimum atomic E-state index is -2.42. The van der Waals surface area contributed by atoms with E-state index < -0.39 is 5.92 Å². The fraction of sp³-hybridized carbons (Fsp3) is 1.00. The number of alkyl halides is 2. The van der Waals surface area contributed by atoms with E-state index in [1.165, 1.54) is 0 Å². The van der Waals surface area contributed by atoms with Gasteiger partial charge in [-0.25, -0.2) is 8.78 Å². The van der Waals surface area contributed by atoms with Crippen molar-refractivity contribution in [1.29, 1.82) is 0 Å². The number of hydrogen-bond acceptors (Lipinski definition) is 1. The zero-order valence-corrected chi connectivity index (χ0v) is 7.45. The molecule has 12 heavy (non-hydrogen) atoms. The minimum absolute atomic E-state index is 0.000833. The second-order valence-electron chi connectivity index (χ2n) is 4.14. The molecule has 2 fully saturated rings. The largest absolute Gasteiger partial charge is 0.292 e. The summed E-state index contributed by atoms with van der Waals surface area (Å²) in [6.07, 6.45) is 3.04. The third kappa shape index (κ3) is 1.06. The molecule has 0 aromatic carbocycles. The van der Waals surface area contributed by atoms with Gasteiger partial charge in [-0.2, -0.15) is 0 Å². The molecule has 2 aliphatic rings. The fourth-order valence-electron chi connectivity index (χ4n) is 2.78. The van der Waals surface area contributed by atoms with Crippen molar-refractivity contribution in [3.05, 3.63) is 0 Å². The SMILES string of the molecule is CCC12CCCN1CC(F)(F)C2. The second kappa shape index (κ2) is 2.41. The quantitative estimate of drug-likeness (QED) is 0.591. The van der Waals surface area contributed by atoms with E-state index in [1.54, 1.807) is 0 Å². The van der Waals surface area contributed by atoms with Crippen LogP contribution in [0, 0.1) is 0 Å². The van der Waals surface area contributed by atoms with Crippen LogP contribution in [0.15, 0.2) is 0 Å². The molecular weight excluding hydrogens is 160 g/mol. The summed E-state index contributed by atoms with van der Waals surface area (Å²) in [6, 6.07) is 0. The van der Waals surface area contributed by atoms with E-state index in [0.717, 1.165) is 25.8 Å². The molecule has 70 valence electrons. The molecule has 2 saturated heterocycles. The standard InChI is InChI=1S/C9H15F2N/c1-2-8-4-3-5-12(8)7-9(10,11)6-8/h2-7H2,1H3. The molecular formula is C9H15F2N. The zero-order chi connectivity index (χ0) is 8.82. The number of fused-ring (bicyclic) bond motifs is 1. The van der Waals surface area contributed by atoms with Crippen molar-refractivity contribution in [2.45, 2.75) is 44.1 Å². The topological polar surface area (TPSA) is 3.24 Å². The van der Waals surface area contributed by atoms with Gasteiger partial charge in [0, 0.05) is 12.0 Å². The Morgan fingerprint density at radius 2 is 2.17 bits per heavy atom. The molecule has 0 radical (unpaired) electrons. The molecule has 0 amide bonds. The van der Waals surface area contributed by atoms with Crippen LogP contribution in [0.2, 0.25) is 0 Å². The van der Waals surface area contributed by atoms with E-state index in [2.05, 4.69) is 0 Å². The lowest BCUT2D eigenvalue weighted by Crippen LogP contribution is -2.37. The highest BCUT2D eigenvalue weighted by Crippen LogP contribution is 2.47. The summed E-state index contributed by atoms with van der Waals surface area (Å²) in [5.41, 5.74) is -0.135. The maximum Gasteiger partial charge on any atom is 0.262 e. The van der Waals surface area contributed by atoms with Crippen LogP contribution in [0.5, 0.6) is 0 Å². The molecule has 0 aliphatic carbocycles. The first-order chi connectivity index (χ1) is 5.58. The van der Waals surface area contributed by atoms with E-state index in [1.807, 2.05) is 11.8 Å². The lowest BCUT2D eigenvalue weighted by Gasteiger charge is -2.29. The van der Waals surface area contributed by atoms with Crippen LogP contribution in [0.3, 0.4) is 0 Å². The van der Waals surface area contributed by atoms with Crippen LogP contribution < -0.4 is 0 Å². The van der Waals surface area contributed by atoms with Crippen LogP contribution in [-0.2, 0) is 0 Å². The Kier molecular flexibility index (Phi) is 1.69. The van der Waals surface area contributed by atoms with Crippen LogP contribution in [-0.4, -0.2) is 29.5 Å². The van der Waals surface area contributed by atoms with Crippen LogP contribution in [0.1, 0.15) is 32.6 Å². The molecule has 1 atom stereocenters.